The number of aromatic nitrogens is 2. The average Bonchev–Trinajstić information content (AvgIpc) is 3.27. The molecule has 1 unspecified atom stereocenters. The lowest BCUT2D eigenvalue weighted by atomic mass is 10.4. The van der Waals surface area contributed by atoms with Gasteiger partial charge >= 0.3 is 6.03 Å². The van der Waals surface area contributed by atoms with Gasteiger partial charge in [-0.1, -0.05) is 30.0 Å². The lowest BCUT2D eigenvalue weighted by molar-refractivity contribution is -0.119. The molecular weight excluding hydrogens is 350 g/mol. The van der Waals surface area contributed by atoms with Crippen LogP contribution in [0.2, 0.25) is 0 Å². The smallest absolute Gasteiger partial charge is 0.321 e. The molecule has 0 aliphatic heterocycles. The number of nitrogens with one attached hydrogen (secondary N) is 2. The van der Waals surface area contributed by atoms with Crippen LogP contribution in [0, 0.1) is 0 Å². The van der Waals surface area contributed by atoms with E-state index in [-0.39, 0.29) is 11.9 Å². The third-order valence-corrected chi connectivity index (χ3v) is 5.41. The van der Waals surface area contributed by atoms with E-state index in [1.807, 2.05) is 6.92 Å². The molecule has 0 bridgehead atoms. The molecule has 2 rings (SSSR count). The third kappa shape index (κ3) is 4.91. The Morgan fingerprint density at radius 1 is 1.33 bits per heavy atom. The fraction of sp³-hybridized carbons (Fsp3) is 0.643. The Balaban J connectivity index is 1.96. The number of carbonyl (C=O) groups is 3. The van der Waals surface area contributed by atoms with Crippen molar-refractivity contribution in [1.82, 2.24) is 20.8 Å². The molecule has 1 saturated carbocycles. The largest absolute Gasteiger partial charge is 0.338 e. The van der Waals surface area contributed by atoms with E-state index in [2.05, 4.69) is 20.8 Å². The van der Waals surface area contributed by atoms with Crippen molar-refractivity contribution >= 4 is 46.1 Å². The Morgan fingerprint density at radius 2 is 2.04 bits per heavy atom. The highest BCUT2D eigenvalue weighted by molar-refractivity contribution is 8.02. The van der Waals surface area contributed by atoms with Crippen molar-refractivity contribution in [1.29, 1.82) is 0 Å². The van der Waals surface area contributed by atoms with E-state index in [1.54, 1.807) is 18.7 Å². The number of nitrogens with zero attached hydrogens (tertiary/aromatic N) is 3. The van der Waals surface area contributed by atoms with Gasteiger partial charge < -0.3 is 5.32 Å². The molecule has 0 saturated heterocycles. The SMILES string of the molecule is CCNC(=O)NC(=O)C(C)Sc1nnc(N(C(=O)CC)C2CC2)s1. The number of amides is 4. The molecule has 8 nitrogen and oxygen atoms in total. The molecule has 1 aliphatic carbocycles. The van der Waals surface area contributed by atoms with Crippen molar-refractivity contribution in [3.8, 4) is 0 Å². The van der Waals surface area contributed by atoms with Crippen LogP contribution in [0.15, 0.2) is 4.34 Å². The van der Waals surface area contributed by atoms with Gasteiger partial charge in [0.25, 0.3) is 0 Å². The maximum absolute atomic E-state index is 12.1. The summed E-state index contributed by atoms with van der Waals surface area (Å²) in [7, 11) is 0. The average molecular weight is 371 g/mol. The third-order valence-electron chi connectivity index (χ3n) is 3.31. The predicted octanol–water partition coefficient (Wildman–Crippen LogP) is 1.77. The maximum Gasteiger partial charge on any atom is 0.321 e. The second kappa shape index (κ2) is 8.43. The molecule has 1 aromatic heterocycles. The van der Waals surface area contributed by atoms with Crippen LogP contribution in [0.4, 0.5) is 9.93 Å². The highest BCUT2D eigenvalue weighted by Gasteiger charge is 2.35. The zero-order valence-corrected chi connectivity index (χ0v) is 15.5. The Labute approximate surface area is 148 Å². The van der Waals surface area contributed by atoms with Gasteiger partial charge in [-0.2, -0.15) is 0 Å². The molecule has 2 N–H and O–H groups in total. The molecule has 1 aromatic rings. The number of urea groups is 1. The van der Waals surface area contributed by atoms with Gasteiger partial charge in [-0.25, -0.2) is 4.79 Å². The standard InChI is InChI=1S/C14H21N5O3S2/c1-4-10(20)19(9-6-7-9)13-17-18-14(24-13)23-8(3)11(21)16-12(22)15-5-2/h8-9H,4-7H2,1-3H3,(H2,15,16,21,22). The van der Waals surface area contributed by atoms with E-state index in [0.29, 0.717) is 22.4 Å². The molecule has 0 spiro atoms. The number of hydrogen-bond acceptors (Lipinski definition) is 7. The Kier molecular flexibility index (Phi) is 6.55. The van der Waals surface area contributed by atoms with Crippen LogP contribution in [-0.4, -0.2) is 45.9 Å². The summed E-state index contributed by atoms with van der Waals surface area (Å²) in [5.41, 5.74) is 0. The molecular formula is C14H21N5O3S2. The van der Waals surface area contributed by atoms with Gasteiger partial charge in [0, 0.05) is 19.0 Å². The van der Waals surface area contributed by atoms with Crippen molar-refractivity contribution in [3.63, 3.8) is 0 Å². The van der Waals surface area contributed by atoms with Crippen LogP contribution in [0.5, 0.6) is 0 Å². The van der Waals surface area contributed by atoms with Gasteiger partial charge in [0.05, 0.1) is 5.25 Å². The van der Waals surface area contributed by atoms with E-state index < -0.39 is 17.2 Å². The summed E-state index contributed by atoms with van der Waals surface area (Å²) in [6, 6.07) is -0.289. The van der Waals surface area contributed by atoms with Crippen LogP contribution >= 0.6 is 23.1 Å². The highest BCUT2D eigenvalue weighted by atomic mass is 32.2. The van der Waals surface area contributed by atoms with E-state index in [0.717, 1.165) is 12.8 Å². The molecule has 1 fully saturated rings. The fourth-order valence-corrected chi connectivity index (χ4v) is 4.01. The number of anilines is 1. The monoisotopic (exact) mass is 371 g/mol. The summed E-state index contributed by atoms with van der Waals surface area (Å²) in [6.07, 6.45) is 2.39. The minimum Gasteiger partial charge on any atom is -0.338 e. The predicted molar refractivity (Wildman–Crippen MR) is 93.2 cm³/mol. The van der Waals surface area contributed by atoms with Crippen LogP contribution in [0.3, 0.4) is 0 Å². The number of carbonyl (C=O) groups excluding carboxylic acids is 3. The first-order chi connectivity index (χ1) is 11.5. The molecule has 0 aromatic carbocycles. The zero-order valence-electron chi connectivity index (χ0n) is 13.9. The molecule has 4 amide bonds. The fourth-order valence-electron chi connectivity index (χ4n) is 1.94. The van der Waals surface area contributed by atoms with E-state index in [4.69, 9.17) is 0 Å². The van der Waals surface area contributed by atoms with Crippen molar-refractivity contribution < 1.29 is 14.4 Å². The van der Waals surface area contributed by atoms with Gasteiger partial charge in [0.2, 0.25) is 16.9 Å². The second-order valence-electron chi connectivity index (χ2n) is 5.31. The Hall–Kier alpha value is -1.68. The summed E-state index contributed by atoms with van der Waals surface area (Å²) >= 11 is 2.51. The van der Waals surface area contributed by atoms with Crippen LogP contribution in [-0.2, 0) is 9.59 Å². The first kappa shape index (κ1) is 18.7. The minimum absolute atomic E-state index is 0.0345. The first-order valence-corrected chi connectivity index (χ1v) is 9.56. The molecule has 1 atom stereocenters. The van der Waals surface area contributed by atoms with Gasteiger partial charge in [-0.05, 0) is 26.7 Å². The summed E-state index contributed by atoms with van der Waals surface area (Å²) in [4.78, 5) is 37.1. The lowest BCUT2D eigenvalue weighted by Gasteiger charge is -2.17. The van der Waals surface area contributed by atoms with E-state index in [9.17, 15) is 14.4 Å². The van der Waals surface area contributed by atoms with Crippen molar-refractivity contribution in [2.45, 2.75) is 55.7 Å². The topological polar surface area (TPSA) is 104 Å². The van der Waals surface area contributed by atoms with Crippen molar-refractivity contribution in [2.75, 3.05) is 11.4 Å². The van der Waals surface area contributed by atoms with Crippen LogP contribution in [0.1, 0.15) is 40.0 Å². The van der Waals surface area contributed by atoms with Crippen molar-refractivity contribution in [3.05, 3.63) is 0 Å². The zero-order chi connectivity index (χ0) is 17.7. The van der Waals surface area contributed by atoms with E-state index >= 15 is 0 Å². The quantitative estimate of drug-likeness (QED) is 0.559. The number of thioether (sulfide) groups is 1. The molecule has 10 heteroatoms. The minimum atomic E-state index is -0.513. The summed E-state index contributed by atoms with van der Waals surface area (Å²) < 4.78 is 0.595. The van der Waals surface area contributed by atoms with Crippen LogP contribution in [0.25, 0.3) is 0 Å². The molecule has 132 valence electrons. The molecule has 1 aliphatic rings. The highest BCUT2D eigenvalue weighted by Crippen LogP contribution is 2.37. The Morgan fingerprint density at radius 3 is 2.62 bits per heavy atom. The normalized spacial score (nSPS) is 14.8. The molecule has 1 heterocycles. The maximum atomic E-state index is 12.1. The van der Waals surface area contributed by atoms with Crippen LogP contribution < -0.4 is 15.5 Å². The summed E-state index contributed by atoms with van der Waals surface area (Å²) in [5, 5.41) is 13.0. The summed E-state index contributed by atoms with van der Waals surface area (Å²) in [6.45, 7) is 5.73. The van der Waals surface area contributed by atoms with Gasteiger partial charge in [0.15, 0.2) is 4.34 Å². The first-order valence-electron chi connectivity index (χ1n) is 7.87. The second-order valence-corrected chi connectivity index (χ2v) is 7.85. The van der Waals surface area contributed by atoms with Gasteiger partial charge in [-0.15, -0.1) is 10.2 Å². The number of imide groups is 1. The van der Waals surface area contributed by atoms with E-state index in [1.165, 1.54) is 23.1 Å². The van der Waals surface area contributed by atoms with Crippen molar-refractivity contribution in [2.24, 2.45) is 0 Å². The number of rotatable bonds is 7. The Bertz CT molecular complexity index is 617. The van der Waals surface area contributed by atoms with Gasteiger partial charge in [-0.3, -0.25) is 19.8 Å². The lowest BCUT2D eigenvalue weighted by Crippen LogP contribution is -2.42. The molecule has 0 radical (unpaired) electrons. The molecule has 24 heavy (non-hydrogen) atoms. The summed E-state index contributed by atoms with van der Waals surface area (Å²) in [5.74, 6) is -0.362. The number of hydrogen-bond donors (Lipinski definition) is 2. The van der Waals surface area contributed by atoms with Gasteiger partial charge in [0.1, 0.15) is 0 Å².